The van der Waals surface area contributed by atoms with Gasteiger partial charge in [-0.15, -0.1) is 0 Å². The number of carbonyl (C=O) groups excluding carboxylic acids is 2. The minimum absolute atomic E-state index is 0.0189. The van der Waals surface area contributed by atoms with Gasteiger partial charge in [-0.2, -0.15) is 5.10 Å². The van der Waals surface area contributed by atoms with Gasteiger partial charge in [-0.05, 0) is 29.7 Å². The van der Waals surface area contributed by atoms with Gasteiger partial charge in [0.15, 0.2) is 0 Å². The van der Waals surface area contributed by atoms with E-state index < -0.39 is 0 Å². The molecule has 26 heavy (non-hydrogen) atoms. The molecule has 0 atom stereocenters. The van der Waals surface area contributed by atoms with Crippen LogP contribution in [0.15, 0.2) is 41.2 Å². The van der Waals surface area contributed by atoms with Crippen LogP contribution in [-0.2, 0) is 0 Å². The van der Waals surface area contributed by atoms with Crippen molar-refractivity contribution in [1.82, 2.24) is 20.0 Å². The van der Waals surface area contributed by atoms with Gasteiger partial charge in [0.05, 0.1) is 0 Å². The molecule has 136 valence electrons. The molecule has 0 aliphatic carbocycles. The van der Waals surface area contributed by atoms with Crippen LogP contribution in [-0.4, -0.2) is 58.0 Å². The summed E-state index contributed by atoms with van der Waals surface area (Å²) in [7, 11) is 0. The number of nitrogens with zero attached hydrogens (tertiary/aromatic N) is 3. The van der Waals surface area contributed by atoms with E-state index in [9.17, 15) is 14.4 Å². The van der Waals surface area contributed by atoms with Gasteiger partial charge in [-0.3, -0.25) is 14.4 Å². The number of H-pyrrole nitrogens is 1. The van der Waals surface area contributed by atoms with Crippen LogP contribution in [0.2, 0.25) is 0 Å². The van der Waals surface area contributed by atoms with Gasteiger partial charge in [-0.1, -0.05) is 26.0 Å². The predicted octanol–water partition coefficient (Wildman–Crippen LogP) is 1.49. The summed E-state index contributed by atoms with van der Waals surface area (Å²) in [6, 6.07) is 10.4. The van der Waals surface area contributed by atoms with Gasteiger partial charge in [0, 0.05) is 37.8 Å². The van der Waals surface area contributed by atoms with Gasteiger partial charge >= 0.3 is 0 Å². The van der Waals surface area contributed by atoms with Crippen LogP contribution in [0.25, 0.3) is 0 Å². The van der Waals surface area contributed by atoms with E-state index in [4.69, 9.17) is 0 Å². The molecular weight excluding hydrogens is 332 g/mol. The number of carbonyl (C=O) groups is 2. The summed E-state index contributed by atoms with van der Waals surface area (Å²) in [6.07, 6.45) is 0. The summed E-state index contributed by atoms with van der Waals surface area (Å²) in [5.41, 5.74) is 1.72. The van der Waals surface area contributed by atoms with Crippen LogP contribution in [0.4, 0.5) is 0 Å². The monoisotopic (exact) mass is 354 g/mol. The standard InChI is InChI=1S/C19H22N4O3/c1-13(2)14-3-5-15(6-4-14)18(25)22-9-11-23(12-10-22)19(26)16-7-8-17(24)21-20-16/h3-8,13H,9-12H2,1-2H3,(H,21,24). The second-order valence-corrected chi connectivity index (χ2v) is 6.67. The first-order valence-corrected chi connectivity index (χ1v) is 8.70. The van der Waals surface area contributed by atoms with Crippen molar-refractivity contribution in [3.63, 3.8) is 0 Å². The van der Waals surface area contributed by atoms with Crippen molar-refractivity contribution in [3.05, 3.63) is 63.6 Å². The topological polar surface area (TPSA) is 86.4 Å². The molecule has 0 unspecified atom stereocenters. The number of amides is 2. The summed E-state index contributed by atoms with van der Waals surface area (Å²) < 4.78 is 0. The third kappa shape index (κ3) is 3.82. The molecule has 1 aromatic heterocycles. The Bertz CT molecular complexity index is 829. The molecule has 0 spiro atoms. The number of nitrogens with one attached hydrogen (secondary N) is 1. The van der Waals surface area contributed by atoms with Crippen molar-refractivity contribution in [2.24, 2.45) is 0 Å². The lowest BCUT2D eigenvalue weighted by Crippen LogP contribution is -2.50. The van der Waals surface area contributed by atoms with Crippen LogP contribution in [0.1, 0.15) is 46.2 Å². The third-order valence-corrected chi connectivity index (χ3v) is 4.58. The van der Waals surface area contributed by atoms with Crippen LogP contribution >= 0.6 is 0 Å². The Morgan fingerprint density at radius 2 is 1.50 bits per heavy atom. The lowest BCUT2D eigenvalue weighted by Gasteiger charge is -2.34. The summed E-state index contributed by atoms with van der Waals surface area (Å²) in [4.78, 5) is 39.5. The van der Waals surface area contributed by atoms with Crippen molar-refractivity contribution in [3.8, 4) is 0 Å². The largest absolute Gasteiger partial charge is 0.335 e. The molecule has 1 aromatic carbocycles. The SMILES string of the molecule is CC(C)c1ccc(C(=O)N2CCN(C(=O)c3ccc(=O)[nH]n3)CC2)cc1. The lowest BCUT2D eigenvalue weighted by atomic mass is 10.0. The third-order valence-electron chi connectivity index (χ3n) is 4.58. The van der Waals surface area contributed by atoms with E-state index in [1.165, 1.54) is 17.7 Å². The van der Waals surface area contributed by atoms with E-state index in [0.717, 1.165) is 0 Å². The first-order valence-electron chi connectivity index (χ1n) is 8.70. The summed E-state index contributed by atoms with van der Waals surface area (Å²) >= 11 is 0. The fourth-order valence-corrected chi connectivity index (χ4v) is 2.93. The highest BCUT2D eigenvalue weighted by Gasteiger charge is 2.26. The van der Waals surface area contributed by atoms with E-state index in [1.807, 2.05) is 24.3 Å². The molecule has 7 nitrogen and oxygen atoms in total. The minimum atomic E-state index is -0.347. The van der Waals surface area contributed by atoms with E-state index in [0.29, 0.717) is 37.7 Å². The number of hydrogen-bond acceptors (Lipinski definition) is 4. The van der Waals surface area contributed by atoms with Crippen LogP contribution in [0, 0.1) is 0 Å². The predicted molar refractivity (Wildman–Crippen MR) is 97.2 cm³/mol. The summed E-state index contributed by atoms with van der Waals surface area (Å²) in [6.45, 7) is 6.05. The smallest absolute Gasteiger partial charge is 0.274 e. The molecule has 3 rings (SSSR count). The first kappa shape index (κ1) is 17.8. The highest BCUT2D eigenvalue weighted by Crippen LogP contribution is 2.16. The Labute approximate surface area is 151 Å². The van der Waals surface area contributed by atoms with Gasteiger partial charge in [0.2, 0.25) is 0 Å². The maximum Gasteiger partial charge on any atom is 0.274 e. The quantitative estimate of drug-likeness (QED) is 0.905. The molecule has 1 saturated heterocycles. The molecular formula is C19H22N4O3. The van der Waals surface area contributed by atoms with Crippen molar-refractivity contribution < 1.29 is 9.59 Å². The molecule has 1 N–H and O–H groups in total. The Hall–Kier alpha value is -2.96. The number of hydrogen-bond donors (Lipinski definition) is 1. The van der Waals surface area contributed by atoms with E-state index in [2.05, 4.69) is 24.0 Å². The Balaban J connectivity index is 1.60. The fraction of sp³-hybridized carbons (Fsp3) is 0.368. The molecule has 0 saturated carbocycles. The maximum absolute atomic E-state index is 12.6. The first-order chi connectivity index (χ1) is 12.5. The number of piperazine rings is 1. The molecule has 1 aliphatic rings. The summed E-state index contributed by atoms with van der Waals surface area (Å²) in [5, 5.41) is 6.03. The average Bonchev–Trinajstić information content (AvgIpc) is 2.67. The van der Waals surface area contributed by atoms with Gasteiger partial charge in [-0.25, -0.2) is 5.10 Å². The Kier molecular flexibility index (Phi) is 5.16. The molecule has 1 fully saturated rings. The van der Waals surface area contributed by atoms with Crippen molar-refractivity contribution in [2.75, 3.05) is 26.2 Å². The number of rotatable bonds is 3. The van der Waals surface area contributed by atoms with Gasteiger partial charge in [0.25, 0.3) is 17.4 Å². The Morgan fingerprint density at radius 1 is 0.923 bits per heavy atom. The highest BCUT2D eigenvalue weighted by atomic mass is 16.2. The second kappa shape index (κ2) is 7.51. The van der Waals surface area contributed by atoms with E-state index in [1.54, 1.807) is 9.80 Å². The van der Waals surface area contributed by atoms with Gasteiger partial charge < -0.3 is 9.80 Å². The van der Waals surface area contributed by atoms with E-state index in [-0.39, 0.29) is 23.1 Å². The zero-order valence-electron chi connectivity index (χ0n) is 14.9. The number of aromatic amines is 1. The van der Waals surface area contributed by atoms with Crippen molar-refractivity contribution in [2.45, 2.75) is 19.8 Å². The molecule has 2 heterocycles. The summed E-state index contributed by atoms with van der Waals surface area (Å²) in [5.74, 6) is 0.166. The zero-order valence-corrected chi connectivity index (χ0v) is 14.9. The number of aromatic nitrogens is 2. The zero-order chi connectivity index (χ0) is 18.7. The van der Waals surface area contributed by atoms with Crippen molar-refractivity contribution >= 4 is 11.8 Å². The molecule has 7 heteroatoms. The Morgan fingerprint density at radius 3 is 2.00 bits per heavy atom. The van der Waals surface area contributed by atoms with E-state index >= 15 is 0 Å². The fourth-order valence-electron chi connectivity index (χ4n) is 2.93. The highest BCUT2D eigenvalue weighted by molar-refractivity contribution is 5.95. The second-order valence-electron chi connectivity index (χ2n) is 6.67. The number of benzene rings is 1. The normalized spacial score (nSPS) is 14.6. The molecule has 0 bridgehead atoms. The van der Waals surface area contributed by atoms with Crippen LogP contribution in [0.5, 0.6) is 0 Å². The van der Waals surface area contributed by atoms with Crippen molar-refractivity contribution in [1.29, 1.82) is 0 Å². The van der Waals surface area contributed by atoms with Crippen LogP contribution < -0.4 is 5.56 Å². The molecule has 2 aromatic rings. The molecule has 2 amide bonds. The van der Waals surface area contributed by atoms with Gasteiger partial charge in [0.1, 0.15) is 5.69 Å². The minimum Gasteiger partial charge on any atom is -0.335 e. The molecule has 1 aliphatic heterocycles. The van der Waals surface area contributed by atoms with Crippen LogP contribution in [0.3, 0.4) is 0 Å². The maximum atomic E-state index is 12.6. The average molecular weight is 354 g/mol. The molecule has 0 radical (unpaired) electrons. The lowest BCUT2D eigenvalue weighted by molar-refractivity contribution is 0.0531.